The molecule has 0 fully saturated rings. The highest BCUT2D eigenvalue weighted by Gasteiger charge is 2.24. The van der Waals surface area contributed by atoms with E-state index < -0.39 is 0 Å². The summed E-state index contributed by atoms with van der Waals surface area (Å²) in [6.45, 7) is 6.07. The minimum Gasteiger partial charge on any atom is -0.468 e. The summed E-state index contributed by atoms with van der Waals surface area (Å²) in [4.78, 5) is 11.7. The van der Waals surface area contributed by atoms with Gasteiger partial charge in [0, 0.05) is 9.61 Å². The molecule has 1 N–H and O–H groups in total. The maximum atomic E-state index is 11.7. The maximum absolute atomic E-state index is 11.7. The summed E-state index contributed by atoms with van der Waals surface area (Å²) in [5.41, 5.74) is 1.17. The van der Waals surface area contributed by atoms with E-state index >= 15 is 0 Å². The number of rotatable bonds is 5. The van der Waals surface area contributed by atoms with Gasteiger partial charge in [-0.05, 0) is 53.1 Å². The minimum atomic E-state index is -0.274. The van der Waals surface area contributed by atoms with Gasteiger partial charge in [0.15, 0.2) is 0 Å². The zero-order valence-corrected chi connectivity index (χ0v) is 13.4. The molecule has 0 aliphatic heterocycles. The fourth-order valence-electron chi connectivity index (χ4n) is 1.78. The normalized spacial score (nSPS) is 14.3. The van der Waals surface area contributed by atoms with Crippen LogP contribution >= 0.6 is 22.6 Å². The molecule has 0 saturated carbocycles. The molecule has 0 bridgehead atoms. The molecule has 1 aromatic rings. The largest absolute Gasteiger partial charge is 0.468 e. The number of hydrogen-bond donors (Lipinski definition) is 1. The fraction of sp³-hybridized carbons (Fsp3) is 0.500. The van der Waals surface area contributed by atoms with Crippen molar-refractivity contribution in [3.8, 4) is 0 Å². The number of methoxy groups -OCH3 is 1. The van der Waals surface area contributed by atoms with E-state index in [1.807, 2.05) is 13.8 Å². The average molecular weight is 361 g/mol. The van der Waals surface area contributed by atoms with Gasteiger partial charge in [-0.15, -0.1) is 0 Å². The first-order valence-corrected chi connectivity index (χ1v) is 7.13. The summed E-state index contributed by atoms with van der Waals surface area (Å²) in [5, 5.41) is 3.33. The van der Waals surface area contributed by atoms with Gasteiger partial charge in [-0.25, -0.2) is 0 Å². The molecule has 0 saturated heterocycles. The molecule has 0 amide bonds. The van der Waals surface area contributed by atoms with E-state index in [1.165, 1.54) is 16.2 Å². The third kappa shape index (κ3) is 4.24. The standard InChI is InChI=1S/C14H20INO2/c1-9(2)13(14(17)18-4)16-10(3)11-5-7-12(15)8-6-11/h5-10,13,16H,1-4H3. The first-order valence-electron chi connectivity index (χ1n) is 6.05. The Morgan fingerprint density at radius 1 is 1.22 bits per heavy atom. The fourth-order valence-corrected chi connectivity index (χ4v) is 2.14. The lowest BCUT2D eigenvalue weighted by molar-refractivity contribution is -0.144. The Morgan fingerprint density at radius 2 is 1.78 bits per heavy atom. The molecule has 1 aromatic carbocycles. The van der Waals surface area contributed by atoms with E-state index in [4.69, 9.17) is 4.74 Å². The van der Waals surface area contributed by atoms with Gasteiger partial charge in [0.1, 0.15) is 6.04 Å². The molecule has 0 aromatic heterocycles. The molecule has 0 aliphatic rings. The Bertz CT molecular complexity index is 389. The molecular formula is C14H20INO2. The minimum absolute atomic E-state index is 0.119. The van der Waals surface area contributed by atoms with Crippen LogP contribution in [0.1, 0.15) is 32.4 Å². The molecule has 1 rings (SSSR count). The van der Waals surface area contributed by atoms with Crippen molar-refractivity contribution >= 4 is 28.6 Å². The predicted octanol–water partition coefficient (Wildman–Crippen LogP) is 3.14. The highest BCUT2D eigenvalue weighted by atomic mass is 127. The summed E-state index contributed by atoms with van der Waals surface area (Å²) >= 11 is 2.28. The van der Waals surface area contributed by atoms with Crippen molar-refractivity contribution in [1.82, 2.24) is 5.32 Å². The van der Waals surface area contributed by atoms with Gasteiger partial charge < -0.3 is 4.74 Å². The van der Waals surface area contributed by atoms with Gasteiger partial charge in [-0.1, -0.05) is 26.0 Å². The van der Waals surface area contributed by atoms with Crippen LogP contribution in [0.15, 0.2) is 24.3 Å². The molecule has 100 valence electrons. The average Bonchev–Trinajstić information content (AvgIpc) is 2.35. The molecule has 0 radical (unpaired) electrons. The smallest absolute Gasteiger partial charge is 0.323 e. The molecule has 0 aliphatic carbocycles. The van der Waals surface area contributed by atoms with E-state index in [9.17, 15) is 4.79 Å². The van der Waals surface area contributed by atoms with Gasteiger partial charge in [0.25, 0.3) is 0 Å². The molecule has 4 heteroatoms. The van der Waals surface area contributed by atoms with E-state index in [2.05, 4.69) is 59.1 Å². The Kier molecular flexibility index (Phi) is 6.08. The van der Waals surface area contributed by atoms with Gasteiger partial charge in [-0.3, -0.25) is 10.1 Å². The summed E-state index contributed by atoms with van der Waals surface area (Å²) in [6.07, 6.45) is 0. The molecule has 3 nitrogen and oxygen atoms in total. The zero-order chi connectivity index (χ0) is 13.7. The predicted molar refractivity (Wildman–Crippen MR) is 81.4 cm³/mol. The monoisotopic (exact) mass is 361 g/mol. The van der Waals surface area contributed by atoms with Crippen LogP contribution in [-0.4, -0.2) is 19.1 Å². The molecule has 2 unspecified atom stereocenters. The third-order valence-electron chi connectivity index (χ3n) is 2.92. The van der Waals surface area contributed by atoms with Gasteiger partial charge in [-0.2, -0.15) is 0 Å². The van der Waals surface area contributed by atoms with Gasteiger partial charge in [0.05, 0.1) is 7.11 Å². The van der Waals surface area contributed by atoms with Crippen LogP contribution in [0.4, 0.5) is 0 Å². The lowest BCUT2D eigenvalue weighted by atomic mass is 10.0. The SMILES string of the molecule is COC(=O)C(NC(C)c1ccc(I)cc1)C(C)C. The summed E-state index contributed by atoms with van der Waals surface area (Å²) < 4.78 is 6.03. The third-order valence-corrected chi connectivity index (χ3v) is 3.64. The second-order valence-corrected chi connectivity index (χ2v) is 5.93. The van der Waals surface area contributed by atoms with Crippen molar-refractivity contribution < 1.29 is 9.53 Å². The first-order chi connectivity index (χ1) is 8.45. The Morgan fingerprint density at radius 3 is 2.22 bits per heavy atom. The molecular weight excluding hydrogens is 341 g/mol. The molecule has 0 spiro atoms. The number of carbonyl (C=O) groups is 1. The van der Waals surface area contributed by atoms with Crippen molar-refractivity contribution in [1.29, 1.82) is 0 Å². The number of ether oxygens (including phenoxy) is 1. The number of benzene rings is 1. The van der Waals surface area contributed by atoms with Crippen LogP contribution in [0, 0.1) is 9.49 Å². The Hall–Kier alpha value is -0.620. The van der Waals surface area contributed by atoms with Crippen molar-refractivity contribution in [3.63, 3.8) is 0 Å². The Labute approximate surface area is 122 Å². The summed E-state index contributed by atoms with van der Waals surface area (Å²) in [6, 6.07) is 8.13. The van der Waals surface area contributed by atoms with Crippen LogP contribution < -0.4 is 5.32 Å². The lowest BCUT2D eigenvalue weighted by Crippen LogP contribution is -2.42. The lowest BCUT2D eigenvalue weighted by Gasteiger charge is -2.24. The topological polar surface area (TPSA) is 38.3 Å². The van der Waals surface area contributed by atoms with Crippen LogP contribution in [0.3, 0.4) is 0 Å². The van der Waals surface area contributed by atoms with Crippen molar-refractivity contribution in [2.24, 2.45) is 5.92 Å². The highest BCUT2D eigenvalue weighted by molar-refractivity contribution is 14.1. The van der Waals surface area contributed by atoms with Crippen LogP contribution in [0.25, 0.3) is 0 Å². The summed E-state index contributed by atoms with van der Waals surface area (Å²) in [7, 11) is 1.43. The number of carbonyl (C=O) groups excluding carboxylic acids is 1. The van der Waals surface area contributed by atoms with Crippen molar-refractivity contribution in [2.75, 3.05) is 7.11 Å². The van der Waals surface area contributed by atoms with Gasteiger partial charge >= 0.3 is 5.97 Å². The van der Waals surface area contributed by atoms with Gasteiger partial charge in [0.2, 0.25) is 0 Å². The number of esters is 1. The highest BCUT2D eigenvalue weighted by Crippen LogP contribution is 2.17. The quantitative estimate of drug-likeness (QED) is 0.647. The van der Waals surface area contributed by atoms with E-state index in [0.29, 0.717) is 0 Å². The summed E-state index contributed by atoms with van der Waals surface area (Å²) in [5.74, 6) is -0.00823. The van der Waals surface area contributed by atoms with Crippen LogP contribution in [0.2, 0.25) is 0 Å². The van der Waals surface area contributed by atoms with Crippen molar-refractivity contribution in [2.45, 2.75) is 32.9 Å². The maximum Gasteiger partial charge on any atom is 0.323 e. The number of halogens is 1. The number of hydrogen-bond acceptors (Lipinski definition) is 3. The molecule has 18 heavy (non-hydrogen) atoms. The Balaban J connectivity index is 2.75. The second-order valence-electron chi connectivity index (χ2n) is 4.68. The molecule has 2 atom stereocenters. The van der Waals surface area contributed by atoms with Crippen LogP contribution in [0.5, 0.6) is 0 Å². The second kappa shape index (κ2) is 7.09. The van der Waals surface area contributed by atoms with E-state index in [0.717, 1.165) is 0 Å². The van der Waals surface area contributed by atoms with E-state index in [-0.39, 0.29) is 24.0 Å². The zero-order valence-electron chi connectivity index (χ0n) is 11.2. The van der Waals surface area contributed by atoms with Crippen molar-refractivity contribution in [3.05, 3.63) is 33.4 Å². The van der Waals surface area contributed by atoms with E-state index in [1.54, 1.807) is 0 Å². The van der Waals surface area contributed by atoms with Crippen LogP contribution in [-0.2, 0) is 9.53 Å². The first kappa shape index (κ1) is 15.4. The molecule has 0 heterocycles. The number of nitrogens with one attached hydrogen (secondary N) is 1.